The van der Waals surface area contributed by atoms with Crippen LogP contribution in [0.5, 0.6) is 0 Å². The van der Waals surface area contributed by atoms with E-state index in [0.717, 1.165) is 22.3 Å². The van der Waals surface area contributed by atoms with Crippen LogP contribution in [-0.2, 0) is 0 Å². The molecule has 0 fully saturated rings. The van der Waals surface area contributed by atoms with Crippen LogP contribution in [0.25, 0.3) is 55.0 Å². The summed E-state index contributed by atoms with van der Waals surface area (Å²) in [6.45, 7) is 15.8. The molecule has 6 aromatic rings. The fraction of sp³-hybridized carbons (Fsp3) is 0.122. The van der Waals surface area contributed by atoms with Crippen molar-refractivity contribution in [3.63, 3.8) is 0 Å². The van der Waals surface area contributed by atoms with E-state index in [1.165, 1.54) is 43.8 Å². The largest absolute Gasteiger partial charge is 0.404 e. The van der Waals surface area contributed by atoms with Gasteiger partial charge in [-0.3, -0.25) is 0 Å². The maximum absolute atomic E-state index is 6.20. The molecule has 0 unspecified atom stereocenters. The van der Waals surface area contributed by atoms with Gasteiger partial charge in [0.05, 0.1) is 11.0 Å². The van der Waals surface area contributed by atoms with Crippen molar-refractivity contribution in [2.45, 2.75) is 27.7 Å². The monoisotopic (exact) mass is 560 g/mol. The van der Waals surface area contributed by atoms with Gasteiger partial charge in [-0.15, -0.1) is 13.2 Å². The summed E-state index contributed by atoms with van der Waals surface area (Å²) in [6.07, 6.45) is 7.62. The number of nitrogens with two attached hydrogens (primary N) is 1. The smallest absolute Gasteiger partial charge is 0.0619 e. The minimum absolute atomic E-state index is 0.116. The van der Waals surface area contributed by atoms with Gasteiger partial charge in [-0.2, -0.15) is 0 Å². The average molecular weight is 561 g/mol. The number of rotatable bonds is 6. The lowest BCUT2D eigenvalue weighted by atomic mass is 9.84. The molecule has 2 nitrogen and oxygen atoms in total. The molecule has 1 heterocycles. The fourth-order valence-electron chi connectivity index (χ4n) is 5.48. The van der Waals surface area contributed by atoms with Gasteiger partial charge in [-0.25, -0.2) is 0 Å². The third-order valence-electron chi connectivity index (χ3n) is 8.28. The molecule has 2 N–H and O–H groups in total. The molecule has 5 aromatic carbocycles. The first-order valence-electron chi connectivity index (χ1n) is 14.8. The van der Waals surface area contributed by atoms with Gasteiger partial charge < -0.3 is 10.3 Å². The molecule has 43 heavy (non-hydrogen) atoms. The number of para-hydroxylation sites is 1. The summed E-state index contributed by atoms with van der Waals surface area (Å²) in [5.74, 6) is 0. The van der Waals surface area contributed by atoms with Crippen molar-refractivity contribution < 1.29 is 0 Å². The van der Waals surface area contributed by atoms with Gasteiger partial charge in [0.25, 0.3) is 0 Å². The molecule has 0 saturated carbocycles. The van der Waals surface area contributed by atoms with Crippen LogP contribution < -0.4 is 5.73 Å². The Morgan fingerprint density at radius 2 is 1.37 bits per heavy atom. The molecule has 2 heteroatoms. The Bertz CT molecular complexity index is 1980. The number of hydrogen-bond donors (Lipinski definition) is 1. The van der Waals surface area contributed by atoms with Crippen LogP contribution in [0.1, 0.15) is 33.3 Å². The Hall–Kier alpha value is -5.08. The van der Waals surface area contributed by atoms with Crippen molar-refractivity contribution in [2.75, 3.05) is 0 Å². The fourth-order valence-corrected chi connectivity index (χ4v) is 5.48. The van der Waals surface area contributed by atoms with Gasteiger partial charge in [0.15, 0.2) is 0 Å². The summed E-state index contributed by atoms with van der Waals surface area (Å²) in [7, 11) is 0. The van der Waals surface area contributed by atoms with Crippen LogP contribution in [0.4, 0.5) is 0 Å². The average Bonchev–Trinajstić information content (AvgIpc) is 3.38. The lowest BCUT2D eigenvalue weighted by Crippen LogP contribution is -2.08. The Kier molecular flexibility index (Phi) is 8.50. The summed E-state index contributed by atoms with van der Waals surface area (Å²) >= 11 is 0. The number of aromatic nitrogens is 1. The highest BCUT2D eigenvalue weighted by Crippen LogP contribution is 2.39. The van der Waals surface area contributed by atoms with E-state index < -0.39 is 0 Å². The highest BCUT2D eigenvalue weighted by atomic mass is 15.0. The molecule has 0 bridgehead atoms. The first-order valence-corrected chi connectivity index (χ1v) is 14.8. The van der Waals surface area contributed by atoms with Gasteiger partial charge in [-0.05, 0) is 65.8 Å². The first-order chi connectivity index (χ1) is 20.8. The summed E-state index contributed by atoms with van der Waals surface area (Å²) in [5.41, 5.74) is 15.3. The molecule has 0 aliphatic rings. The predicted octanol–water partition coefficient (Wildman–Crippen LogP) is 11.3. The van der Waals surface area contributed by atoms with Gasteiger partial charge in [0, 0.05) is 33.5 Å². The highest BCUT2D eigenvalue weighted by Gasteiger charge is 2.18. The molecule has 1 aromatic heterocycles. The number of fused-ring (bicyclic) bond motifs is 5. The third-order valence-corrected chi connectivity index (χ3v) is 8.28. The second-order valence-electron chi connectivity index (χ2n) is 11.4. The molecule has 6 rings (SSSR count). The van der Waals surface area contributed by atoms with E-state index in [9.17, 15) is 0 Å². The summed E-state index contributed by atoms with van der Waals surface area (Å²) in [6, 6.07) is 39.2. The van der Waals surface area contributed by atoms with Crippen LogP contribution >= 0.6 is 0 Å². The topological polar surface area (TPSA) is 30.9 Å². The molecular weight excluding hydrogens is 520 g/mol. The number of allylic oxidation sites excluding steroid dienone is 5. The Morgan fingerprint density at radius 3 is 2.02 bits per heavy atom. The van der Waals surface area contributed by atoms with Gasteiger partial charge >= 0.3 is 0 Å². The van der Waals surface area contributed by atoms with Crippen LogP contribution in [0.15, 0.2) is 152 Å². The van der Waals surface area contributed by atoms with Crippen LogP contribution in [0.2, 0.25) is 0 Å². The normalized spacial score (nSPS) is 12.3. The predicted molar refractivity (Wildman–Crippen MR) is 189 cm³/mol. The molecular formula is C41H40N2. The Morgan fingerprint density at radius 1 is 0.744 bits per heavy atom. The summed E-state index contributed by atoms with van der Waals surface area (Å²) in [4.78, 5) is 0. The van der Waals surface area contributed by atoms with Crippen LogP contribution in [0, 0.1) is 5.41 Å². The van der Waals surface area contributed by atoms with E-state index in [-0.39, 0.29) is 5.41 Å². The molecule has 0 saturated heterocycles. The van der Waals surface area contributed by atoms with Crippen molar-refractivity contribution in [2.24, 2.45) is 11.1 Å². The highest BCUT2D eigenvalue weighted by molar-refractivity contribution is 6.19. The number of benzene rings is 5. The lowest BCUT2D eigenvalue weighted by Gasteiger charge is -2.21. The minimum Gasteiger partial charge on any atom is -0.404 e. The molecule has 0 aliphatic heterocycles. The van der Waals surface area contributed by atoms with E-state index in [0.29, 0.717) is 0 Å². The molecule has 0 amide bonds. The van der Waals surface area contributed by atoms with Crippen molar-refractivity contribution in [1.82, 2.24) is 4.57 Å². The quantitative estimate of drug-likeness (QED) is 0.159. The van der Waals surface area contributed by atoms with Crippen LogP contribution in [0.3, 0.4) is 0 Å². The van der Waals surface area contributed by atoms with E-state index in [2.05, 4.69) is 154 Å². The second kappa shape index (κ2) is 12.4. The van der Waals surface area contributed by atoms with E-state index in [1.807, 2.05) is 13.0 Å². The molecule has 0 radical (unpaired) electrons. The maximum atomic E-state index is 6.20. The molecule has 214 valence electrons. The van der Waals surface area contributed by atoms with E-state index >= 15 is 0 Å². The van der Waals surface area contributed by atoms with Crippen LogP contribution in [-0.4, -0.2) is 4.57 Å². The Balaban J connectivity index is 0.00000118. The maximum Gasteiger partial charge on any atom is 0.0619 e. The minimum atomic E-state index is -0.116. The molecule has 0 atom stereocenters. The zero-order valence-electron chi connectivity index (χ0n) is 25.6. The molecule has 0 spiro atoms. The third kappa shape index (κ3) is 5.69. The van der Waals surface area contributed by atoms with Crippen molar-refractivity contribution in [3.8, 4) is 16.8 Å². The zero-order valence-corrected chi connectivity index (χ0v) is 25.6. The van der Waals surface area contributed by atoms with E-state index in [1.54, 1.807) is 12.3 Å². The standard InChI is InChI=1S/C38H34N2.C3H6/c1-5-38(3,4)26(2)22-31(25-39)29-17-20-34-35-21-18-30-23-28(27-12-8-6-9-13-27)16-19-33(30)37(35)40(36(34)24-29)32-14-10-7-11-15-32;1-3-2/h5-25H,1,39H2,2-4H3;3H,1H2,2H3/b26-22+,31-25+;. The zero-order chi connectivity index (χ0) is 30.6. The first kappa shape index (κ1) is 29.4. The lowest BCUT2D eigenvalue weighted by molar-refractivity contribution is 0.582. The van der Waals surface area contributed by atoms with Gasteiger partial charge in [0.1, 0.15) is 0 Å². The van der Waals surface area contributed by atoms with E-state index in [4.69, 9.17) is 5.73 Å². The SMILES string of the molecule is C=CC.C=CC(C)(C)/C(C)=C/C(=C\N)c1ccc2c3ccc4cc(-c5ccccc5)ccc4c3n(-c3ccccc3)c2c1. The Labute approximate surface area is 255 Å². The summed E-state index contributed by atoms with van der Waals surface area (Å²) in [5, 5.41) is 4.92. The van der Waals surface area contributed by atoms with Crippen molar-refractivity contribution >= 4 is 38.2 Å². The van der Waals surface area contributed by atoms with Gasteiger partial charge in [-0.1, -0.05) is 123 Å². The second-order valence-corrected chi connectivity index (χ2v) is 11.4. The van der Waals surface area contributed by atoms with Gasteiger partial charge in [0.2, 0.25) is 0 Å². The number of hydrogen-bond acceptors (Lipinski definition) is 1. The molecule has 0 aliphatic carbocycles. The van der Waals surface area contributed by atoms with Crippen molar-refractivity contribution in [3.05, 3.63) is 158 Å². The summed E-state index contributed by atoms with van der Waals surface area (Å²) < 4.78 is 2.40. The number of nitrogens with zero attached hydrogens (tertiary/aromatic N) is 1. The van der Waals surface area contributed by atoms with Crippen molar-refractivity contribution in [1.29, 1.82) is 0 Å².